The van der Waals surface area contributed by atoms with Crippen molar-refractivity contribution in [3.63, 3.8) is 0 Å². The summed E-state index contributed by atoms with van der Waals surface area (Å²) in [6.45, 7) is 6.00. The minimum Gasteiger partial charge on any atom is -0.379 e. The van der Waals surface area contributed by atoms with Gasteiger partial charge in [-0.05, 0) is 35.4 Å². The maximum Gasteiger partial charge on any atom is 0.315 e. The maximum absolute atomic E-state index is 11.5. The van der Waals surface area contributed by atoms with E-state index in [-0.39, 0.29) is 6.03 Å². The van der Waals surface area contributed by atoms with Gasteiger partial charge >= 0.3 is 6.03 Å². The first-order chi connectivity index (χ1) is 9.34. The van der Waals surface area contributed by atoms with Gasteiger partial charge in [-0.15, -0.1) is 0 Å². The van der Waals surface area contributed by atoms with E-state index < -0.39 is 0 Å². The first kappa shape index (κ1) is 14.3. The van der Waals surface area contributed by atoms with E-state index in [0.717, 1.165) is 44.8 Å². The minimum absolute atomic E-state index is 0.0897. The number of amides is 2. The molecular weight excluding hydrogens is 262 g/mol. The van der Waals surface area contributed by atoms with Crippen molar-refractivity contribution in [3.8, 4) is 0 Å². The van der Waals surface area contributed by atoms with Crippen LogP contribution >= 0.6 is 11.3 Å². The van der Waals surface area contributed by atoms with E-state index >= 15 is 0 Å². The molecule has 2 amide bonds. The number of urea groups is 1. The SMILES string of the molecule is O=C(NCCCN1CCOCC1)NCc1ccsc1. The number of hydrogen-bond acceptors (Lipinski definition) is 4. The Morgan fingerprint density at radius 1 is 1.37 bits per heavy atom. The lowest BCUT2D eigenvalue weighted by Crippen LogP contribution is -2.39. The van der Waals surface area contributed by atoms with Crippen LogP contribution in [0.1, 0.15) is 12.0 Å². The fourth-order valence-electron chi connectivity index (χ4n) is 1.97. The summed E-state index contributed by atoms with van der Waals surface area (Å²) >= 11 is 1.64. The number of carbonyl (C=O) groups excluding carboxylic acids is 1. The lowest BCUT2D eigenvalue weighted by Gasteiger charge is -2.26. The van der Waals surface area contributed by atoms with E-state index in [9.17, 15) is 4.79 Å². The molecule has 0 spiro atoms. The van der Waals surface area contributed by atoms with Gasteiger partial charge in [-0.25, -0.2) is 4.79 Å². The zero-order valence-electron chi connectivity index (χ0n) is 11.1. The van der Waals surface area contributed by atoms with E-state index in [0.29, 0.717) is 13.1 Å². The minimum atomic E-state index is -0.0897. The molecule has 6 heteroatoms. The molecule has 0 radical (unpaired) electrons. The van der Waals surface area contributed by atoms with Gasteiger partial charge in [-0.3, -0.25) is 4.90 Å². The average Bonchev–Trinajstić information content (AvgIpc) is 2.96. The van der Waals surface area contributed by atoms with Gasteiger partial charge in [0.1, 0.15) is 0 Å². The molecule has 0 aliphatic carbocycles. The van der Waals surface area contributed by atoms with Crippen LogP contribution in [0.4, 0.5) is 4.79 Å². The fraction of sp³-hybridized carbons (Fsp3) is 0.615. The third-order valence-electron chi connectivity index (χ3n) is 3.07. The molecule has 1 aliphatic heterocycles. The summed E-state index contributed by atoms with van der Waals surface area (Å²) in [5, 5.41) is 9.78. The van der Waals surface area contributed by atoms with Crippen LogP contribution in [0.5, 0.6) is 0 Å². The van der Waals surface area contributed by atoms with Crippen molar-refractivity contribution in [1.82, 2.24) is 15.5 Å². The van der Waals surface area contributed by atoms with Crippen molar-refractivity contribution in [2.24, 2.45) is 0 Å². The molecule has 19 heavy (non-hydrogen) atoms. The first-order valence-electron chi connectivity index (χ1n) is 6.67. The second-order valence-electron chi connectivity index (χ2n) is 4.55. The number of thiophene rings is 1. The van der Waals surface area contributed by atoms with Crippen molar-refractivity contribution in [1.29, 1.82) is 0 Å². The summed E-state index contributed by atoms with van der Waals surface area (Å²) in [7, 11) is 0. The number of ether oxygens (including phenoxy) is 1. The monoisotopic (exact) mass is 283 g/mol. The molecule has 0 unspecified atom stereocenters. The highest BCUT2D eigenvalue weighted by atomic mass is 32.1. The van der Waals surface area contributed by atoms with Crippen LogP contribution in [0, 0.1) is 0 Å². The molecule has 0 aromatic carbocycles. The van der Waals surface area contributed by atoms with Crippen LogP contribution in [0.15, 0.2) is 16.8 Å². The molecule has 0 bridgehead atoms. The number of morpholine rings is 1. The lowest BCUT2D eigenvalue weighted by molar-refractivity contribution is 0.0375. The average molecular weight is 283 g/mol. The molecule has 5 nitrogen and oxygen atoms in total. The van der Waals surface area contributed by atoms with Gasteiger partial charge in [-0.2, -0.15) is 11.3 Å². The summed E-state index contributed by atoms with van der Waals surface area (Å²) in [6, 6.07) is 1.93. The van der Waals surface area contributed by atoms with Crippen LogP contribution in [-0.4, -0.2) is 50.3 Å². The number of nitrogens with one attached hydrogen (secondary N) is 2. The Labute approximate surface area is 117 Å². The van der Waals surface area contributed by atoms with E-state index in [2.05, 4.69) is 15.5 Å². The Hall–Kier alpha value is -1.11. The predicted octanol–water partition coefficient (Wildman–Crippen LogP) is 1.27. The third kappa shape index (κ3) is 5.59. The van der Waals surface area contributed by atoms with Gasteiger partial charge in [0.2, 0.25) is 0 Å². The summed E-state index contributed by atoms with van der Waals surface area (Å²) in [5.74, 6) is 0. The second kappa shape index (κ2) is 8.14. The quantitative estimate of drug-likeness (QED) is 0.773. The molecule has 1 aliphatic rings. The summed E-state index contributed by atoms with van der Waals surface area (Å²) in [6.07, 6.45) is 0.978. The van der Waals surface area contributed by atoms with Crippen LogP contribution < -0.4 is 10.6 Å². The van der Waals surface area contributed by atoms with Crippen molar-refractivity contribution >= 4 is 17.4 Å². The Kier molecular flexibility index (Phi) is 6.13. The molecule has 2 N–H and O–H groups in total. The first-order valence-corrected chi connectivity index (χ1v) is 7.62. The van der Waals surface area contributed by atoms with E-state index in [1.54, 1.807) is 11.3 Å². The summed E-state index contributed by atoms with van der Waals surface area (Å²) < 4.78 is 5.29. The van der Waals surface area contributed by atoms with Crippen molar-refractivity contribution in [2.45, 2.75) is 13.0 Å². The molecule has 1 fully saturated rings. The molecule has 1 aromatic rings. The number of hydrogen-bond donors (Lipinski definition) is 2. The molecule has 2 rings (SSSR count). The highest BCUT2D eigenvalue weighted by molar-refractivity contribution is 7.07. The van der Waals surface area contributed by atoms with Crippen molar-refractivity contribution < 1.29 is 9.53 Å². The topological polar surface area (TPSA) is 53.6 Å². The van der Waals surface area contributed by atoms with Crippen molar-refractivity contribution in [2.75, 3.05) is 39.4 Å². The van der Waals surface area contributed by atoms with E-state index in [1.807, 2.05) is 16.8 Å². The zero-order valence-corrected chi connectivity index (χ0v) is 11.9. The molecular formula is C13H21N3O2S. The summed E-state index contributed by atoms with van der Waals surface area (Å²) in [5.41, 5.74) is 1.15. The fourth-order valence-corrected chi connectivity index (χ4v) is 2.64. The highest BCUT2D eigenvalue weighted by Gasteiger charge is 2.09. The van der Waals surface area contributed by atoms with Gasteiger partial charge in [-0.1, -0.05) is 0 Å². The molecule has 1 saturated heterocycles. The Bertz CT molecular complexity index is 364. The van der Waals surface area contributed by atoms with Gasteiger partial charge in [0.25, 0.3) is 0 Å². The molecule has 0 saturated carbocycles. The van der Waals surface area contributed by atoms with Gasteiger partial charge in [0.05, 0.1) is 13.2 Å². The highest BCUT2D eigenvalue weighted by Crippen LogP contribution is 2.04. The predicted molar refractivity (Wildman–Crippen MR) is 76.4 cm³/mol. The second-order valence-corrected chi connectivity index (χ2v) is 5.33. The number of rotatable bonds is 6. The van der Waals surface area contributed by atoms with Crippen LogP contribution in [-0.2, 0) is 11.3 Å². The zero-order chi connectivity index (χ0) is 13.3. The van der Waals surface area contributed by atoms with Gasteiger partial charge in [0, 0.05) is 26.2 Å². The largest absolute Gasteiger partial charge is 0.379 e. The molecule has 1 aromatic heterocycles. The molecule has 0 atom stereocenters. The van der Waals surface area contributed by atoms with E-state index in [1.165, 1.54) is 0 Å². The maximum atomic E-state index is 11.5. The number of nitrogens with zero attached hydrogens (tertiary/aromatic N) is 1. The van der Waals surface area contributed by atoms with Crippen LogP contribution in [0.3, 0.4) is 0 Å². The van der Waals surface area contributed by atoms with E-state index in [4.69, 9.17) is 4.74 Å². The molecule has 106 valence electrons. The standard InChI is InChI=1S/C13H21N3O2S/c17-13(15-10-12-2-9-19-11-12)14-3-1-4-16-5-7-18-8-6-16/h2,9,11H,1,3-8,10H2,(H2,14,15,17). The van der Waals surface area contributed by atoms with Crippen LogP contribution in [0.2, 0.25) is 0 Å². The number of carbonyl (C=O) groups is 1. The third-order valence-corrected chi connectivity index (χ3v) is 3.81. The lowest BCUT2D eigenvalue weighted by atomic mass is 10.3. The Morgan fingerprint density at radius 3 is 2.95 bits per heavy atom. The smallest absolute Gasteiger partial charge is 0.315 e. The van der Waals surface area contributed by atoms with Gasteiger partial charge in [0.15, 0.2) is 0 Å². The van der Waals surface area contributed by atoms with Crippen LogP contribution in [0.25, 0.3) is 0 Å². The van der Waals surface area contributed by atoms with Gasteiger partial charge < -0.3 is 15.4 Å². The Morgan fingerprint density at radius 2 is 2.21 bits per heavy atom. The Balaban J connectivity index is 1.49. The normalized spacial score (nSPS) is 16.2. The summed E-state index contributed by atoms with van der Waals surface area (Å²) in [4.78, 5) is 13.9. The molecule has 2 heterocycles. The van der Waals surface area contributed by atoms with Crippen molar-refractivity contribution in [3.05, 3.63) is 22.4 Å².